The molecule has 21 heavy (non-hydrogen) atoms. The molecule has 1 atom stereocenters. The Bertz CT molecular complexity index is 637. The van der Waals surface area contributed by atoms with Crippen molar-refractivity contribution in [1.82, 2.24) is 4.90 Å². The van der Waals surface area contributed by atoms with Gasteiger partial charge in [0.25, 0.3) is 5.91 Å². The van der Waals surface area contributed by atoms with E-state index in [9.17, 15) is 9.90 Å². The average molecular weight is 287 g/mol. The number of carbonyl (C=O) groups is 1. The van der Waals surface area contributed by atoms with Crippen LogP contribution in [0.2, 0.25) is 0 Å². The minimum atomic E-state index is -0.649. The van der Waals surface area contributed by atoms with Crippen molar-refractivity contribution in [2.45, 2.75) is 20.0 Å². The van der Waals surface area contributed by atoms with Crippen LogP contribution < -0.4 is 4.74 Å². The Morgan fingerprint density at radius 1 is 1.29 bits per heavy atom. The molecule has 0 aliphatic rings. The maximum atomic E-state index is 11.9. The Hall–Kier alpha value is -2.07. The molecule has 0 fully saturated rings. The summed E-state index contributed by atoms with van der Waals surface area (Å²) in [5.74, 6) is 0.503. The lowest BCUT2D eigenvalue weighted by molar-refractivity contribution is -0.131. The van der Waals surface area contributed by atoms with Gasteiger partial charge in [-0.2, -0.15) is 0 Å². The third kappa shape index (κ3) is 3.34. The van der Waals surface area contributed by atoms with E-state index in [2.05, 4.69) is 0 Å². The zero-order valence-corrected chi connectivity index (χ0v) is 12.7. The minimum Gasteiger partial charge on any atom is -0.483 e. The second kappa shape index (κ2) is 6.59. The second-order valence-electron chi connectivity index (χ2n) is 5.08. The van der Waals surface area contributed by atoms with E-state index >= 15 is 0 Å². The van der Waals surface area contributed by atoms with Crippen molar-refractivity contribution >= 4 is 16.7 Å². The summed E-state index contributed by atoms with van der Waals surface area (Å²) in [4.78, 5) is 13.5. The van der Waals surface area contributed by atoms with E-state index in [1.807, 2.05) is 43.3 Å². The van der Waals surface area contributed by atoms with Crippen LogP contribution in [-0.4, -0.2) is 36.1 Å². The number of likely N-dealkylation sites (N-methyl/N-ethyl adjacent to an activating group) is 1. The smallest absolute Gasteiger partial charge is 0.260 e. The van der Waals surface area contributed by atoms with Gasteiger partial charge >= 0.3 is 0 Å². The molecule has 1 amide bonds. The average Bonchev–Trinajstić information content (AvgIpc) is 2.50. The number of benzene rings is 2. The molecule has 0 saturated heterocycles. The van der Waals surface area contributed by atoms with E-state index in [0.717, 1.165) is 10.8 Å². The molecule has 0 aliphatic heterocycles. The molecular formula is C17H21NO3. The van der Waals surface area contributed by atoms with Gasteiger partial charge in [-0.25, -0.2) is 0 Å². The highest BCUT2D eigenvalue weighted by Crippen LogP contribution is 2.33. The number of rotatable bonds is 5. The number of ether oxygens (including phenoxy) is 1. The minimum absolute atomic E-state index is 0.0297. The van der Waals surface area contributed by atoms with Crippen LogP contribution in [0.25, 0.3) is 10.8 Å². The molecule has 2 aromatic rings. The monoisotopic (exact) mass is 287 g/mol. The van der Waals surface area contributed by atoms with Crippen molar-refractivity contribution in [2.24, 2.45) is 0 Å². The predicted octanol–water partition coefficient (Wildman–Crippen LogP) is 2.75. The van der Waals surface area contributed by atoms with Gasteiger partial charge in [-0.3, -0.25) is 4.79 Å². The van der Waals surface area contributed by atoms with Gasteiger partial charge in [0.05, 0.1) is 6.10 Å². The van der Waals surface area contributed by atoms with Crippen molar-refractivity contribution < 1.29 is 14.6 Å². The maximum absolute atomic E-state index is 11.9. The van der Waals surface area contributed by atoms with Gasteiger partial charge in [-0.1, -0.05) is 36.4 Å². The summed E-state index contributed by atoms with van der Waals surface area (Å²) in [7, 11) is 1.74. The van der Waals surface area contributed by atoms with Gasteiger partial charge in [0.15, 0.2) is 6.61 Å². The fraction of sp³-hybridized carbons (Fsp3) is 0.353. The van der Waals surface area contributed by atoms with Crippen LogP contribution in [0, 0.1) is 0 Å². The second-order valence-corrected chi connectivity index (χ2v) is 5.08. The molecule has 2 aromatic carbocycles. The number of hydrogen-bond acceptors (Lipinski definition) is 3. The lowest BCUT2D eigenvalue weighted by Gasteiger charge is -2.18. The van der Waals surface area contributed by atoms with Crippen molar-refractivity contribution in [1.29, 1.82) is 0 Å². The highest BCUT2D eigenvalue weighted by atomic mass is 16.5. The number of aliphatic hydroxyl groups is 1. The Kier molecular flexibility index (Phi) is 4.81. The van der Waals surface area contributed by atoms with Gasteiger partial charge in [0, 0.05) is 24.5 Å². The molecule has 0 saturated carbocycles. The van der Waals surface area contributed by atoms with Crippen LogP contribution in [0.5, 0.6) is 5.75 Å². The zero-order valence-electron chi connectivity index (χ0n) is 12.7. The van der Waals surface area contributed by atoms with E-state index in [1.54, 1.807) is 18.9 Å². The molecule has 1 unspecified atom stereocenters. The molecule has 4 nitrogen and oxygen atoms in total. The molecule has 1 N–H and O–H groups in total. The zero-order chi connectivity index (χ0) is 15.4. The first-order valence-corrected chi connectivity index (χ1v) is 7.11. The van der Waals surface area contributed by atoms with Crippen LogP contribution in [0.1, 0.15) is 25.5 Å². The van der Waals surface area contributed by atoms with E-state index in [0.29, 0.717) is 17.9 Å². The molecule has 4 heteroatoms. The number of aliphatic hydroxyl groups excluding tert-OH is 1. The maximum Gasteiger partial charge on any atom is 0.260 e. The van der Waals surface area contributed by atoms with Crippen molar-refractivity contribution in [3.8, 4) is 5.75 Å². The first-order valence-electron chi connectivity index (χ1n) is 7.11. The summed E-state index contributed by atoms with van der Waals surface area (Å²) in [5.41, 5.74) is 0.695. The first-order chi connectivity index (χ1) is 10.0. The Balaban J connectivity index is 2.36. The van der Waals surface area contributed by atoms with Crippen molar-refractivity contribution in [3.05, 3.63) is 42.0 Å². The first kappa shape index (κ1) is 15.3. The third-order valence-corrected chi connectivity index (χ3v) is 3.60. The molecule has 0 spiro atoms. The van der Waals surface area contributed by atoms with Crippen LogP contribution in [0.4, 0.5) is 0 Å². The topological polar surface area (TPSA) is 49.8 Å². The van der Waals surface area contributed by atoms with Crippen molar-refractivity contribution in [3.63, 3.8) is 0 Å². The lowest BCUT2D eigenvalue weighted by atomic mass is 10.0. The van der Waals surface area contributed by atoms with Gasteiger partial charge in [-0.15, -0.1) is 0 Å². The largest absolute Gasteiger partial charge is 0.483 e. The van der Waals surface area contributed by atoms with Gasteiger partial charge in [-0.05, 0) is 19.2 Å². The molecule has 0 aromatic heterocycles. The summed E-state index contributed by atoms with van der Waals surface area (Å²) in [6.07, 6.45) is -0.649. The third-order valence-electron chi connectivity index (χ3n) is 3.60. The molecule has 2 rings (SSSR count). The highest BCUT2D eigenvalue weighted by molar-refractivity contribution is 5.90. The summed E-state index contributed by atoms with van der Waals surface area (Å²) in [6.45, 7) is 4.22. The molecule has 0 radical (unpaired) electrons. The molecule has 112 valence electrons. The Morgan fingerprint density at radius 3 is 2.67 bits per heavy atom. The Labute approximate surface area is 124 Å². The van der Waals surface area contributed by atoms with E-state index in [4.69, 9.17) is 4.74 Å². The molecule has 0 aliphatic carbocycles. The number of hydrogen-bond donors (Lipinski definition) is 1. The van der Waals surface area contributed by atoms with E-state index in [-0.39, 0.29) is 12.5 Å². The van der Waals surface area contributed by atoms with Crippen LogP contribution in [0.15, 0.2) is 36.4 Å². The molecule has 0 bridgehead atoms. The lowest BCUT2D eigenvalue weighted by Crippen LogP contribution is -2.31. The standard InChI is InChI=1S/C17H21NO3/c1-4-18(3)16(20)11-21-17-14(12(2)19)10-9-13-7-5-6-8-15(13)17/h5-10,12,19H,4,11H2,1-3H3. The number of amides is 1. The quantitative estimate of drug-likeness (QED) is 0.920. The summed E-state index contributed by atoms with van der Waals surface area (Å²) in [5, 5.41) is 11.8. The van der Waals surface area contributed by atoms with Gasteiger partial charge < -0.3 is 14.7 Å². The fourth-order valence-corrected chi connectivity index (χ4v) is 2.17. The van der Waals surface area contributed by atoms with Crippen LogP contribution >= 0.6 is 0 Å². The summed E-state index contributed by atoms with van der Waals surface area (Å²) in [6, 6.07) is 11.6. The van der Waals surface area contributed by atoms with Crippen LogP contribution in [-0.2, 0) is 4.79 Å². The summed E-state index contributed by atoms with van der Waals surface area (Å²) < 4.78 is 5.75. The summed E-state index contributed by atoms with van der Waals surface area (Å²) >= 11 is 0. The predicted molar refractivity (Wildman–Crippen MR) is 83.4 cm³/mol. The highest BCUT2D eigenvalue weighted by Gasteiger charge is 2.15. The SMILES string of the molecule is CCN(C)C(=O)COc1c(C(C)O)ccc2ccccc12. The van der Waals surface area contributed by atoms with Gasteiger partial charge in [0.1, 0.15) is 5.75 Å². The fourth-order valence-electron chi connectivity index (χ4n) is 2.17. The normalized spacial score (nSPS) is 12.2. The number of fused-ring (bicyclic) bond motifs is 1. The van der Waals surface area contributed by atoms with E-state index in [1.165, 1.54) is 0 Å². The van der Waals surface area contributed by atoms with Gasteiger partial charge in [0.2, 0.25) is 0 Å². The van der Waals surface area contributed by atoms with E-state index < -0.39 is 6.10 Å². The number of carbonyl (C=O) groups excluding carboxylic acids is 1. The van der Waals surface area contributed by atoms with Crippen LogP contribution in [0.3, 0.4) is 0 Å². The Morgan fingerprint density at radius 2 is 2.00 bits per heavy atom. The van der Waals surface area contributed by atoms with Crippen molar-refractivity contribution in [2.75, 3.05) is 20.2 Å². The molecular weight excluding hydrogens is 266 g/mol. The molecule has 0 heterocycles. The number of nitrogens with zero attached hydrogens (tertiary/aromatic N) is 1.